The summed E-state index contributed by atoms with van der Waals surface area (Å²) < 4.78 is 30.2. The SMILES string of the molecule is Cc1ccc(S(=O)(=O)N2CCCC2C(=O)N(Cc2cccnc2)c2nc3ccc(Br)cc3s2)cc1. The molecule has 1 aliphatic rings. The molecule has 180 valence electrons. The fourth-order valence-corrected chi connectivity index (χ4v) is 7.39. The fourth-order valence-electron chi connectivity index (χ4n) is 4.22. The molecule has 1 unspecified atom stereocenters. The van der Waals surface area contributed by atoms with Gasteiger partial charge in [-0.2, -0.15) is 4.31 Å². The Morgan fingerprint density at radius 3 is 2.74 bits per heavy atom. The highest BCUT2D eigenvalue weighted by molar-refractivity contribution is 9.10. The van der Waals surface area contributed by atoms with Crippen molar-refractivity contribution >= 4 is 58.5 Å². The number of pyridine rings is 1. The predicted molar refractivity (Wildman–Crippen MR) is 141 cm³/mol. The molecule has 1 saturated heterocycles. The van der Waals surface area contributed by atoms with E-state index < -0.39 is 16.1 Å². The van der Waals surface area contributed by atoms with Crippen molar-refractivity contribution < 1.29 is 13.2 Å². The van der Waals surface area contributed by atoms with Crippen LogP contribution in [0.25, 0.3) is 10.2 Å². The Balaban J connectivity index is 1.52. The molecular weight excluding hydrogens is 548 g/mol. The second-order valence-electron chi connectivity index (χ2n) is 8.48. The van der Waals surface area contributed by atoms with Gasteiger partial charge in [-0.1, -0.05) is 51.0 Å². The smallest absolute Gasteiger partial charge is 0.247 e. The molecule has 10 heteroatoms. The lowest BCUT2D eigenvalue weighted by atomic mass is 10.2. The summed E-state index contributed by atoms with van der Waals surface area (Å²) in [5, 5.41) is 0.534. The molecule has 0 radical (unpaired) electrons. The number of fused-ring (bicyclic) bond motifs is 1. The zero-order valence-electron chi connectivity index (χ0n) is 19.0. The summed E-state index contributed by atoms with van der Waals surface area (Å²) in [6.07, 6.45) is 4.47. The number of amides is 1. The highest BCUT2D eigenvalue weighted by atomic mass is 79.9. The largest absolute Gasteiger partial charge is 0.282 e. The minimum atomic E-state index is -3.82. The van der Waals surface area contributed by atoms with Crippen LogP contribution in [0.1, 0.15) is 24.0 Å². The molecule has 7 nitrogen and oxygen atoms in total. The van der Waals surface area contributed by atoms with Crippen LogP contribution in [0.15, 0.2) is 76.4 Å². The van der Waals surface area contributed by atoms with E-state index in [9.17, 15) is 13.2 Å². The van der Waals surface area contributed by atoms with Gasteiger partial charge in [0.1, 0.15) is 6.04 Å². The molecule has 0 aliphatic carbocycles. The molecule has 2 aromatic heterocycles. The standard InChI is InChI=1S/C25H23BrN4O3S2/c1-17-6-9-20(10-7-17)35(32,33)30-13-3-5-22(30)24(31)29(16-18-4-2-12-27-15-18)25-28-21-11-8-19(26)14-23(21)34-25/h2,4,6-12,14-15,22H,3,5,13,16H2,1H3. The summed E-state index contributed by atoms with van der Waals surface area (Å²) in [5.41, 5.74) is 2.60. The van der Waals surface area contributed by atoms with Gasteiger partial charge in [-0.3, -0.25) is 14.7 Å². The number of carbonyl (C=O) groups is 1. The van der Waals surface area contributed by atoms with Crippen molar-refractivity contribution in [2.75, 3.05) is 11.4 Å². The van der Waals surface area contributed by atoms with Crippen LogP contribution in [-0.4, -0.2) is 41.2 Å². The fraction of sp³-hybridized carbons (Fsp3) is 0.240. The lowest BCUT2D eigenvalue weighted by Gasteiger charge is -2.28. The van der Waals surface area contributed by atoms with Gasteiger partial charge in [0.2, 0.25) is 15.9 Å². The quantitative estimate of drug-likeness (QED) is 0.320. The monoisotopic (exact) mass is 570 g/mol. The summed E-state index contributed by atoms with van der Waals surface area (Å²) in [5.74, 6) is -0.278. The van der Waals surface area contributed by atoms with E-state index in [4.69, 9.17) is 4.98 Å². The number of aryl methyl sites for hydroxylation is 1. The van der Waals surface area contributed by atoms with Gasteiger partial charge in [0.15, 0.2) is 5.13 Å². The van der Waals surface area contributed by atoms with Crippen molar-refractivity contribution in [1.82, 2.24) is 14.3 Å². The average molecular weight is 572 g/mol. The topological polar surface area (TPSA) is 83.5 Å². The van der Waals surface area contributed by atoms with Crippen LogP contribution in [-0.2, 0) is 21.4 Å². The lowest BCUT2D eigenvalue weighted by Crippen LogP contribution is -2.47. The molecule has 4 aromatic rings. The van der Waals surface area contributed by atoms with Crippen molar-refractivity contribution in [1.29, 1.82) is 0 Å². The minimum Gasteiger partial charge on any atom is -0.282 e. The molecule has 0 N–H and O–H groups in total. The van der Waals surface area contributed by atoms with Crippen LogP contribution in [0.3, 0.4) is 0 Å². The van der Waals surface area contributed by atoms with Crippen LogP contribution >= 0.6 is 27.3 Å². The normalized spacial score (nSPS) is 16.6. The van der Waals surface area contributed by atoms with Crippen molar-refractivity contribution in [2.45, 2.75) is 37.2 Å². The minimum absolute atomic E-state index is 0.200. The Bertz CT molecular complexity index is 1470. The third-order valence-electron chi connectivity index (χ3n) is 6.02. The van der Waals surface area contributed by atoms with E-state index in [2.05, 4.69) is 20.9 Å². The van der Waals surface area contributed by atoms with E-state index in [1.807, 2.05) is 37.3 Å². The van der Waals surface area contributed by atoms with Gasteiger partial charge >= 0.3 is 0 Å². The van der Waals surface area contributed by atoms with Gasteiger partial charge < -0.3 is 0 Å². The summed E-state index contributed by atoms with van der Waals surface area (Å²) in [6, 6.07) is 15.4. The number of hydrogen-bond acceptors (Lipinski definition) is 6. The van der Waals surface area contributed by atoms with Crippen molar-refractivity contribution in [3.8, 4) is 0 Å². The number of rotatable bonds is 6. The first kappa shape index (κ1) is 24.1. The maximum atomic E-state index is 14.0. The van der Waals surface area contributed by atoms with Crippen molar-refractivity contribution in [3.63, 3.8) is 0 Å². The number of halogens is 1. The molecule has 3 heterocycles. The number of thiazole rings is 1. The number of anilines is 1. The molecule has 1 atom stereocenters. The first-order chi connectivity index (χ1) is 16.8. The van der Waals surface area contributed by atoms with Crippen LogP contribution in [0.2, 0.25) is 0 Å². The number of nitrogens with zero attached hydrogens (tertiary/aromatic N) is 4. The van der Waals surface area contributed by atoms with Crippen LogP contribution in [0, 0.1) is 6.92 Å². The zero-order chi connectivity index (χ0) is 24.6. The van der Waals surface area contributed by atoms with E-state index in [1.54, 1.807) is 41.6 Å². The number of hydrogen-bond donors (Lipinski definition) is 0. The second-order valence-corrected chi connectivity index (χ2v) is 12.3. The molecule has 0 spiro atoms. The molecule has 1 amide bonds. The molecule has 1 aliphatic heterocycles. The van der Waals surface area contributed by atoms with Crippen molar-refractivity contribution in [3.05, 3.63) is 82.6 Å². The second kappa shape index (κ2) is 9.77. The number of carbonyl (C=O) groups excluding carboxylic acids is 1. The van der Waals surface area contributed by atoms with Gasteiger partial charge in [0.05, 0.1) is 21.7 Å². The predicted octanol–water partition coefficient (Wildman–Crippen LogP) is 5.15. The van der Waals surface area contributed by atoms with Gasteiger partial charge in [0.25, 0.3) is 0 Å². The van der Waals surface area contributed by atoms with Crippen LogP contribution in [0.5, 0.6) is 0 Å². The van der Waals surface area contributed by atoms with Gasteiger partial charge in [-0.15, -0.1) is 0 Å². The molecular formula is C25H23BrN4O3S2. The molecule has 0 bridgehead atoms. The third-order valence-corrected chi connectivity index (χ3v) is 9.47. The Labute approximate surface area is 216 Å². The average Bonchev–Trinajstić information content (AvgIpc) is 3.50. The highest BCUT2D eigenvalue weighted by Gasteiger charge is 2.42. The summed E-state index contributed by atoms with van der Waals surface area (Å²) in [4.78, 5) is 24.7. The van der Waals surface area contributed by atoms with Crippen molar-refractivity contribution in [2.24, 2.45) is 0 Å². The first-order valence-electron chi connectivity index (χ1n) is 11.2. The maximum Gasteiger partial charge on any atom is 0.247 e. The molecule has 2 aromatic carbocycles. The van der Waals surface area contributed by atoms with Gasteiger partial charge in [-0.25, -0.2) is 13.4 Å². The van der Waals surface area contributed by atoms with E-state index in [0.29, 0.717) is 24.5 Å². The maximum absolute atomic E-state index is 14.0. The summed E-state index contributed by atoms with van der Waals surface area (Å²) in [6.45, 7) is 2.47. The van der Waals surface area contributed by atoms with E-state index in [1.165, 1.54) is 15.6 Å². The zero-order valence-corrected chi connectivity index (χ0v) is 22.2. The molecule has 1 fully saturated rings. The number of sulfonamides is 1. The van der Waals surface area contributed by atoms with Gasteiger partial charge in [0, 0.05) is 23.4 Å². The summed E-state index contributed by atoms with van der Waals surface area (Å²) >= 11 is 4.90. The Hall–Kier alpha value is -2.66. The molecule has 5 rings (SSSR count). The third kappa shape index (κ3) is 4.88. The Morgan fingerprint density at radius 2 is 2.00 bits per heavy atom. The van der Waals surface area contributed by atoms with Crippen LogP contribution in [0.4, 0.5) is 5.13 Å². The Kier molecular flexibility index (Phi) is 6.71. The van der Waals surface area contributed by atoms with E-state index in [0.717, 1.165) is 25.8 Å². The van der Waals surface area contributed by atoms with Crippen LogP contribution < -0.4 is 4.90 Å². The summed E-state index contributed by atoms with van der Waals surface area (Å²) in [7, 11) is -3.82. The van der Waals surface area contributed by atoms with E-state index in [-0.39, 0.29) is 17.3 Å². The van der Waals surface area contributed by atoms with E-state index >= 15 is 0 Å². The molecule has 35 heavy (non-hydrogen) atoms. The lowest BCUT2D eigenvalue weighted by molar-refractivity contribution is -0.121. The number of aromatic nitrogens is 2. The Morgan fingerprint density at radius 1 is 1.20 bits per heavy atom. The highest BCUT2D eigenvalue weighted by Crippen LogP contribution is 2.34. The number of benzene rings is 2. The first-order valence-corrected chi connectivity index (χ1v) is 14.2. The van der Waals surface area contributed by atoms with Gasteiger partial charge in [-0.05, 0) is 61.7 Å². The molecule has 0 saturated carbocycles.